The number of rotatable bonds is 5. The quantitative estimate of drug-likeness (QED) is 0.557. The van der Waals surface area contributed by atoms with Crippen LogP contribution in [-0.2, 0) is 15.8 Å². The number of anilines is 1. The van der Waals surface area contributed by atoms with E-state index in [1.807, 2.05) is 37.5 Å². The first-order valence-corrected chi connectivity index (χ1v) is 10.2. The smallest absolute Gasteiger partial charge is 0.236 e. The van der Waals surface area contributed by atoms with Gasteiger partial charge in [-0.25, -0.2) is 22.8 Å². The molecule has 4 aromatic rings. The van der Waals surface area contributed by atoms with Gasteiger partial charge < -0.3 is 0 Å². The first-order valence-electron chi connectivity index (χ1n) is 8.55. The maximum Gasteiger partial charge on any atom is 0.236 e. The van der Waals surface area contributed by atoms with E-state index in [1.165, 1.54) is 24.3 Å². The van der Waals surface area contributed by atoms with Gasteiger partial charge in [0.25, 0.3) is 0 Å². The summed E-state index contributed by atoms with van der Waals surface area (Å²) in [5.41, 5.74) is 3.24. The van der Waals surface area contributed by atoms with Crippen molar-refractivity contribution in [3.8, 4) is 11.3 Å². The summed E-state index contributed by atoms with van der Waals surface area (Å²) >= 11 is 0. The molecule has 2 aromatic carbocycles. The average molecular weight is 396 g/mol. The molecule has 0 amide bonds. The van der Waals surface area contributed by atoms with Crippen molar-refractivity contribution in [1.82, 2.24) is 14.4 Å². The molecule has 0 aliphatic rings. The fourth-order valence-corrected chi connectivity index (χ4v) is 4.12. The molecule has 4 rings (SSSR count). The van der Waals surface area contributed by atoms with Crippen LogP contribution in [0.25, 0.3) is 17.0 Å². The van der Waals surface area contributed by atoms with Crippen LogP contribution in [0, 0.1) is 12.7 Å². The van der Waals surface area contributed by atoms with Gasteiger partial charge in [-0.3, -0.25) is 9.12 Å². The van der Waals surface area contributed by atoms with Gasteiger partial charge in [-0.1, -0.05) is 24.3 Å². The Hall–Kier alpha value is -3.26. The van der Waals surface area contributed by atoms with E-state index < -0.39 is 15.8 Å². The standard InChI is InChI=1S/C20H17FN4O2S/c1-14-3-6-16(19-12-25-10-2-9-22-20(25)23-19)11-18(14)24-28(26,27)13-15-4-7-17(21)8-5-15/h2-12,24H,13H2,1H3. The van der Waals surface area contributed by atoms with Gasteiger partial charge in [-0.05, 0) is 42.3 Å². The number of hydrogen-bond donors (Lipinski definition) is 1. The minimum Gasteiger partial charge on any atom is -0.291 e. The second-order valence-electron chi connectivity index (χ2n) is 6.47. The van der Waals surface area contributed by atoms with Gasteiger partial charge in [-0.2, -0.15) is 0 Å². The Bertz CT molecular complexity index is 1220. The Labute approximate surface area is 161 Å². The number of aryl methyl sites for hydroxylation is 1. The highest BCUT2D eigenvalue weighted by Crippen LogP contribution is 2.26. The Balaban J connectivity index is 1.62. The lowest BCUT2D eigenvalue weighted by Crippen LogP contribution is -2.15. The van der Waals surface area contributed by atoms with Gasteiger partial charge in [0.05, 0.1) is 17.1 Å². The molecule has 0 atom stereocenters. The van der Waals surface area contributed by atoms with Crippen LogP contribution in [0.15, 0.2) is 67.1 Å². The molecule has 0 bridgehead atoms. The lowest BCUT2D eigenvalue weighted by atomic mass is 10.1. The van der Waals surface area contributed by atoms with Crippen LogP contribution in [0.1, 0.15) is 11.1 Å². The van der Waals surface area contributed by atoms with E-state index in [4.69, 9.17) is 0 Å². The first-order chi connectivity index (χ1) is 13.4. The van der Waals surface area contributed by atoms with Crippen molar-refractivity contribution < 1.29 is 12.8 Å². The number of halogens is 1. The summed E-state index contributed by atoms with van der Waals surface area (Å²) in [4.78, 5) is 8.66. The molecule has 0 saturated heterocycles. The van der Waals surface area contributed by atoms with Gasteiger partial charge in [0, 0.05) is 24.2 Å². The molecule has 0 radical (unpaired) electrons. The molecular formula is C20H17FN4O2S. The molecule has 28 heavy (non-hydrogen) atoms. The molecule has 1 N–H and O–H groups in total. The van der Waals surface area contributed by atoms with Gasteiger partial charge >= 0.3 is 0 Å². The third kappa shape index (κ3) is 3.86. The largest absolute Gasteiger partial charge is 0.291 e. The van der Waals surface area contributed by atoms with Crippen LogP contribution in [0.4, 0.5) is 10.1 Å². The number of nitrogens with zero attached hydrogens (tertiary/aromatic N) is 3. The highest BCUT2D eigenvalue weighted by Gasteiger charge is 2.15. The van der Waals surface area contributed by atoms with Gasteiger partial charge in [-0.15, -0.1) is 0 Å². The summed E-state index contributed by atoms with van der Waals surface area (Å²) < 4.78 is 42.6. The predicted molar refractivity (Wildman–Crippen MR) is 106 cm³/mol. The molecule has 8 heteroatoms. The van der Waals surface area contributed by atoms with E-state index >= 15 is 0 Å². The molecule has 0 aliphatic heterocycles. The van der Waals surface area contributed by atoms with E-state index in [1.54, 1.807) is 16.7 Å². The molecule has 6 nitrogen and oxygen atoms in total. The van der Waals surface area contributed by atoms with Crippen LogP contribution < -0.4 is 4.72 Å². The highest BCUT2D eigenvalue weighted by molar-refractivity contribution is 7.91. The third-order valence-electron chi connectivity index (χ3n) is 4.30. The zero-order valence-corrected chi connectivity index (χ0v) is 15.8. The van der Waals surface area contributed by atoms with Crippen molar-refractivity contribution in [2.75, 3.05) is 4.72 Å². The van der Waals surface area contributed by atoms with E-state index in [9.17, 15) is 12.8 Å². The maximum atomic E-state index is 13.0. The van der Waals surface area contributed by atoms with Crippen LogP contribution in [0.5, 0.6) is 0 Å². The van der Waals surface area contributed by atoms with Crippen molar-refractivity contribution in [3.63, 3.8) is 0 Å². The number of nitrogens with one attached hydrogen (secondary N) is 1. The fraction of sp³-hybridized carbons (Fsp3) is 0.100. The molecule has 0 saturated carbocycles. The molecule has 0 unspecified atom stereocenters. The molecule has 2 aromatic heterocycles. The summed E-state index contributed by atoms with van der Waals surface area (Å²) in [6.45, 7) is 1.82. The third-order valence-corrected chi connectivity index (χ3v) is 5.55. The number of hydrogen-bond acceptors (Lipinski definition) is 4. The van der Waals surface area contributed by atoms with Crippen LogP contribution in [0.3, 0.4) is 0 Å². The minimum atomic E-state index is -3.66. The van der Waals surface area contributed by atoms with Crippen LogP contribution in [-0.4, -0.2) is 22.8 Å². The summed E-state index contributed by atoms with van der Waals surface area (Å²) in [5, 5.41) is 0. The Morgan fingerprint density at radius 1 is 1.14 bits per heavy atom. The molecule has 0 aliphatic carbocycles. The lowest BCUT2D eigenvalue weighted by Gasteiger charge is -2.12. The summed E-state index contributed by atoms with van der Waals surface area (Å²) in [6.07, 6.45) is 5.35. The van der Waals surface area contributed by atoms with Crippen molar-refractivity contribution >= 4 is 21.5 Å². The average Bonchev–Trinajstić information content (AvgIpc) is 3.09. The van der Waals surface area contributed by atoms with Crippen molar-refractivity contribution in [1.29, 1.82) is 0 Å². The maximum absolute atomic E-state index is 13.0. The van der Waals surface area contributed by atoms with Crippen molar-refractivity contribution in [2.24, 2.45) is 0 Å². The Kier molecular flexibility index (Phi) is 4.56. The van der Waals surface area contributed by atoms with Gasteiger partial charge in [0.1, 0.15) is 5.82 Å². The Morgan fingerprint density at radius 3 is 2.68 bits per heavy atom. The van der Waals surface area contributed by atoms with Gasteiger partial charge in [0.2, 0.25) is 15.8 Å². The monoisotopic (exact) mass is 396 g/mol. The van der Waals surface area contributed by atoms with Crippen LogP contribution >= 0.6 is 0 Å². The SMILES string of the molecule is Cc1ccc(-c2cn3cccnc3n2)cc1NS(=O)(=O)Cc1ccc(F)cc1. The van der Waals surface area contributed by atoms with E-state index in [0.29, 0.717) is 22.7 Å². The van der Waals surface area contributed by atoms with E-state index in [-0.39, 0.29) is 5.75 Å². The normalized spacial score (nSPS) is 11.6. The molecule has 2 heterocycles. The Morgan fingerprint density at radius 2 is 1.93 bits per heavy atom. The van der Waals surface area contributed by atoms with Gasteiger partial charge in [0.15, 0.2) is 0 Å². The van der Waals surface area contributed by atoms with E-state index in [2.05, 4.69) is 14.7 Å². The summed E-state index contributed by atoms with van der Waals surface area (Å²) in [6, 6.07) is 12.7. The second-order valence-corrected chi connectivity index (χ2v) is 8.19. The number of aromatic nitrogens is 3. The number of benzene rings is 2. The molecule has 0 fully saturated rings. The van der Waals surface area contributed by atoms with E-state index in [0.717, 1.165) is 11.1 Å². The van der Waals surface area contributed by atoms with Crippen molar-refractivity contribution in [2.45, 2.75) is 12.7 Å². The molecular weight excluding hydrogens is 379 g/mol. The van der Waals surface area contributed by atoms with Crippen molar-refractivity contribution in [3.05, 3.63) is 84.1 Å². The highest BCUT2D eigenvalue weighted by atomic mass is 32.2. The minimum absolute atomic E-state index is 0.241. The topological polar surface area (TPSA) is 76.4 Å². The molecule has 142 valence electrons. The number of fused-ring (bicyclic) bond motifs is 1. The number of imidazole rings is 1. The summed E-state index contributed by atoms with van der Waals surface area (Å²) in [7, 11) is -3.66. The molecule has 0 spiro atoms. The predicted octanol–water partition coefficient (Wildman–Crippen LogP) is 3.79. The fourth-order valence-electron chi connectivity index (χ4n) is 2.86. The number of sulfonamides is 1. The zero-order chi connectivity index (χ0) is 19.7. The lowest BCUT2D eigenvalue weighted by molar-refractivity contribution is 0.600. The zero-order valence-electron chi connectivity index (χ0n) is 15.0. The first kappa shape index (κ1) is 18.1. The van der Waals surface area contributed by atoms with Crippen LogP contribution in [0.2, 0.25) is 0 Å². The summed E-state index contributed by atoms with van der Waals surface area (Å²) in [5.74, 6) is -0.0778. The second kappa shape index (κ2) is 7.05.